The van der Waals surface area contributed by atoms with Crippen LogP contribution in [0.4, 0.5) is 0 Å². The van der Waals surface area contributed by atoms with Crippen LogP contribution >= 0.6 is 0 Å². The molecule has 4 nitrogen and oxygen atoms in total. The first-order chi connectivity index (χ1) is 8.91. The predicted octanol–water partition coefficient (Wildman–Crippen LogP) is 2.52. The van der Waals surface area contributed by atoms with E-state index in [4.69, 9.17) is 4.74 Å². The molecule has 0 fully saturated rings. The van der Waals surface area contributed by atoms with Crippen LogP contribution in [0.1, 0.15) is 51.3 Å². The van der Waals surface area contributed by atoms with Crippen molar-refractivity contribution in [3.63, 3.8) is 0 Å². The summed E-state index contributed by atoms with van der Waals surface area (Å²) in [6, 6.07) is 2.17. The van der Waals surface area contributed by atoms with Crippen molar-refractivity contribution < 1.29 is 8.95 Å². The Bertz CT molecular complexity index is 483. The molecule has 0 spiro atoms. The maximum atomic E-state index is 12.2. The number of nitrogens with one attached hydrogen (secondary N) is 1. The summed E-state index contributed by atoms with van der Waals surface area (Å²) in [5.41, 5.74) is 2.21. The highest BCUT2D eigenvalue weighted by atomic mass is 32.2. The van der Waals surface area contributed by atoms with E-state index in [1.165, 1.54) is 5.56 Å². The first-order valence-electron chi connectivity index (χ1n) is 6.71. The fourth-order valence-electron chi connectivity index (χ4n) is 1.94. The zero-order valence-corrected chi connectivity index (χ0v) is 12.8. The van der Waals surface area contributed by atoms with Gasteiger partial charge in [-0.1, -0.05) is 6.92 Å². The van der Waals surface area contributed by atoms with Crippen molar-refractivity contribution in [1.82, 2.24) is 9.71 Å². The molecule has 1 aromatic heterocycles. The van der Waals surface area contributed by atoms with Crippen molar-refractivity contribution >= 4 is 11.0 Å². The van der Waals surface area contributed by atoms with E-state index in [-0.39, 0.29) is 10.8 Å². The fraction of sp³-hybridized carbons (Fsp3) is 0.643. The maximum Gasteiger partial charge on any atom is 0.218 e. The number of fused-ring (bicyclic) bond motifs is 1. The number of nitrogens with zero attached hydrogens (tertiary/aromatic N) is 1. The lowest BCUT2D eigenvalue weighted by Gasteiger charge is -2.28. The first kappa shape index (κ1) is 14.5. The lowest BCUT2D eigenvalue weighted by molar-refractivity contribution is 0.252. The molecule has 0 aliphatic carbocycles. The molecule has 2 atom stereocenters. The third kappa shape index (κ3) is 3.34. The van der Waals surface area contributed by atoms with Gasteiger partial charge in [0.2, 0.25) is 5.88 Å². The minimum absolute atomic E-state index is 0.0582. The maximum absolute atomic E-state index is 12.2. The summed E-state index contributed by atoms with van der Waals surface area (Å²) in [7, 11) is -1.08. The minimum atomic E-state index is -1.08. The molecule has 0 radical (unpaired) electrons. The van der Waals surface area contributed by atoms with Gasteiger partial charge in [-0.3, -0.25) is 0 Å². The monoisotopic (exact) mass is 282 g/mol. The number of hydrogen-bond acceptors (Lipinski definition) is 3. The Morgan fingerprint density at radius 2 is 2.26 bits per heavy atom. The van der Waals surface area contributed by atoms with Crippen LogP contribution < -0.4 is 9.46 Å². The second-order valence-corrected chi connectivity index (χ2v) is 7.78. The zero-order valence-electron chi connectivity index (χ0n) is 12.0. The standard InChI is InChI=1S/C14H22N2O2S/c1-5-10-8-11-12(16-19(17)14(2,3)4)6-7-18-13(11)15-9-10/h8-9,12,16H,5-7H2,1-4H3/t12-,19+/m0/s1. The number of aromatic nitrogens is 1. The molecule has 0 saturated heterocycles. The summed E-state index contributed by atoms with van der Waals surface area (Å²) in [6.07, 6.45) is 3.61. The van der Waals surface area contributed by atoms with Crippen LogP contribution in [0.5, 0.6) is 5.88 Å². The lowest BCUT2D eigenvalue weighted by atomic mass is 10.0. The number of pyridine rings is 1. The van der Waals surface area contributed by atoms with Crippen LogP contribution in [0.15, 0.2) is 12.3 Å². The van der Waals surface area contributed by atoms with Crippen LogP contribution in [0.2, 0.25) is 0 Å². The Morgan fingerprint density at radius 3 is 2.89 bits per heavy atom. The third-order valence-corrected chi connectivity index (χ3v) is 4.78. The summed E-state index contributed by atoms with van der Waals surface area (Å²) in [4.78, 5) is 4.35. The summed E-state index contributed by atoms with van der Waals surface area (Å²) in [5.74, 6) is 0.673. The molecule has 5 heteroatoms. The highest BCUT2D eigenvalue weighted by molar-refractivity contribution is 7.84. The van der Waals surface area contributed by atoms with Gasteiger partial charge in [0.15, 0.2) is 0 Å². The molecule has 0 saturated carbocycles. The van der Waals surface area contributed by atoms with E-state index in [2.05, 4.69) is 22.7 Å². The van der Waals surface area contributed by atoms with E-state index < -0.39 is 11.0 Å². The topological polar surface area (TPSA) is 51.2 Å². The molecular weight excluding hydrogens is 260 g/mol. The van der Waals surface area contributed by atoms with Crippen molar-refractivity contribution in [3.05, 3.63) is 23.4 Å². The first-order valence-corrected chi connectivity index (χ1v) is 7.86. The molecule has 19 heavy (non-hydrogen) atoms. The van der Waals surface area contributed by atoms with Crippen LogP contribution in [0.25, 0.3) is 0 Å². The number of rotatable bonds is 3. The largest absolute Gasteiger partial charge is 0.477 e. The summed E-state index contributed by atoms with van der Waals surface area (Å²) < 4.78 is 20.8. The Hall–Kier alpha value is -0.940. The van der Waals surface area contributed by atoms with Crippen molar-refractivity contribution in [2.24, 2.45) is 0 Å². The quantitative estimate of drug-likeness (QED) is 0.927. The van der Waals surface area contributed by atoms with E-state index in [1.807, 2.05) is 27.0 Å². The Balaban J connectivity index is 2.24. The lowest BCUT2D eigenvalue weighted by Crippen LogP contribution is -2.37. The van der Waals surface area contributed by atoms with Gasteiger partial charge in [0, 0.05) is 18.2 Å². The molecule has 2 rings (SSSR count). The number of hydrogen-bond donors (Lipinski definition) is 1. The van der Waals surface area contributed by atoms with Gasteiger partial charge in [-0.05, 0) is 38.8 Å². The summed E-state index contributed by atoms with van der Waals surface area (Å²) >= 11 is 0. The third-order valence-electron chi connectivity index (χ3n) is 3.17. The Labute approximate surface area is 117 Å². The zero-order chi connectivity index (χ0) is 14.0. The summed E-state index contributed by atoms with van der Waals surface area (Å²) in [5, 5.41) is 0. The van der Waals surface area contributed by atoms with E-state index in [1.54, 1.807) is 0 Å². The molecule has 1 aliphatic rings. The van der Waals surface area contributed by atoms with Gasteiger partial charge in [0.25, 0.3) is 0 Å². The van der Waals surface area contributed by atoms with Crippen LogP contribution in [0, 0.1) is 0 Å². The number of ether oxygens (including phenoxy) is 1. The van der Waals surface area contributed by atoms with E-state index in [0.29, 0.717) is 12.5 Å². The average Bonchev–Trinajstić information content (AvgIpc) is 2.37. The van der Waals surface area contributed by atoms with E-state index in [0.717, 1.165) is 18.4 Å². The fourth-order valence-corrected chi connectivity index (χ4v) is 2.79. The Kier molecular flexibility index (Phi) is 4.26. The van der Waals surface area contributed by atoms with Gasteiger partial charge >= 0.3 is 0 Å². The van der Waals surface area contributed by atoms with Crippen molar-refractivity contribution in [2.75, 3.05) is 6.61 Å². The molecule has 0 bridgehead atoms. The smallest absolute Gasteiger partial charge is 0.218 e. The second kappa shape index (κ2) is 5.59. The molecular formula is C14H22N2O2S. The number of aryl methyl sites for hydroxylation is 1. The van der Waals surface area contributed by atoms with Crippen molar-refractivity contribution in [3.8, 4) is 5.88 Å². The summed E-state index contributed by atoms with van der Waals surface area (Å²) in [6.45, 7) is 8.62. The second-order valence-electron chi connectivity index (χ2n) is 5.78. The molecule has 1 N–H and O–H groups in total. The predicted molar refractivity (Wildman–Crippen MR) is 77.5 cm³/mol. The molecule has 1 aliphatic heterocycles. The van der Waals surface area contributed by atoms with Crippen molar-refractivity contribution in [2.45, 2.75) is 51.3 Å². The van der Waals surface area contributed by atoms with Crippen LogP contribution in [-0.2, 0) is 17.4 Å². The minimum Gasteiger partial charge on any atom is -0.477 e. The Morgan fingerprint density at radius 1 is 1.53 bits per heavy atom. The van der Waals surface area contributed by atoms with Crippen molar-refractivity contribution in [1.29, 1.82) is 0 Å². The van der Waals surface area contributed by atoms with Gasteiger partial charge in [-0.2, -0.15) is 0 Å². The molecule has 0 unspecified atom stereocenters. The van der Waals surface area contributed by atoms with Crippen LogP contribution in [-0.4, -0.2) is 20.5 Å². The van der Waals surface area contributed by atoms with Gasteiger partial charge in [0.1, 0.15) is 0 Å². The SMILES string of the molecule is CCc1cnc2c(c1)[C@@H](N[S@](=O)C(C)(C)C)CCO2. The average molecular weight is 282 g/mol. The molecule has 1 aromatic rings. The molecule has 106 valence electrons. The van der Waals surface area contributed by atoms with Gasteiger partial charge < -0.3 is 4.74 Å². The highest BCUT2D eigenvalue weighted by Crippen LogP contribution is 2.31. The normalized spacial score (nSPS) is 20.5. The van der Waals surface area contributed by atoms with E-state index >= 15 is 0 Å². The van der Waals surface area contributed by atoms with Crippen LogP contribution in [0.3, 0.4) is 0 Å². The van der Waals surface area contributed by atoms with Gasteiger partial charge in [0.05, 0.1) is 28.4 Å². The molecule has 0 aromatic carbocycles. The highest BCUT2D eigenvalue weighted by Gasteiger charge is 2.28. The van der Waals surface area contributed by atoms with Gasteiger partial charge in [-0.25, -0.2) is 13.9 Å². The van der Waals surface area contributed by atoms with E-state index in [9.17, 15) is 4.21 Å². The van der Waals surface area contributed by atoms with Gasteiger partial charge in [-0.15, -0.1) is 0 Å². The molecule has 2 heterocycles. The molecule has 0 amide bonds.